The van der Waals surface area contributed by atoms with Gasteiger partial charge in [-0.3, -0.25) is 4.98 Å². The van der Waals surface area contributed by atoms with Gasteiger partial charge < -0.3 is 0 Å². The summed E-state index contributed by atoms with van der Waals surface area (Å²) in [6.07, 6.45) is 1.95. The van der Waals surface area contributed by atoms with Crippen LogP contribution in [0.3, 0.4) is 0 Å². The molecule has 0 amide bonds. The first-order valence-corrected chi connectivity index (χ1v) is 6.58. The molecule has 0 N–H and O–H groups in total. The van der Waals surface area contributed by atoms with Gasteiger partial charge in [0.25, 0.3) is 0 Å². The van der Waals surface area contributed by atoms with Crippen LogP contribution in [0, 0.1) is 20.8 Å². The maximum atomic E-state index is 4.59. The van der Waals surface area contributed by atoms with Gasteiger partial charge in [0.05, 0.1) is 5.69 Å². The number of benzene rings is 2. The van der Waals surface area contributed by atoms with Crippen molar-refractivity contribution in [1.29, 1.82) is 0 Å². The topological polar surface area (TPSA) is 12.9 Å². The highest BCUT2D eigenvalue weighted by Gasteiger charge is 2.05. The van der Waals surface area contributed by atoms with E-state index in [0.717, 1.165) is 5.69 Å². The van der Waals surface area contributed by atoms with Crippen LogP contribution in [0.15, 0.2) is 48.7 Å². The minimum Gasteiger partial charge on any atom is -0.256 e. The van der Waals surface area contributed by atoms with Crippen molar-refractivity contribution in [3.63, 3.8) is 0 Å². The van der Waals surface area contributed by atoms with Gasteiger partial charge in [-0.2, -0.15) is 0 Å². The van der Waals surface area contributed by atoms with Gasteiger partial charge in [0, 0.05) is 17.1 Å². The minimum atomic E-state index is 1.05. The smallest absolute Gasteiger partial charge is 0.0708 e. The van der Waals surface area contributed by atoms with Crippen molar-refractivity contribution < 1.29 is 0 Å². The molecule has 0 saturated heterocycles. The molecule has 0 bridgehead atoms. The predicted molar refractivity (Wildman–Crippen MR) is 81.4 cm³/mol. The fourth-order valence-corrected chi connectivity index (χ4v) is 2.42. The van der Waals surface area contributed by atoms with Gasteiger partial charge in [0.1, 0.15) is 0 Å². The molecule has 1 nitrogen and oxygen atoms in total. The number of hydrogen-bond acceptors (Lipinski definition) is 1. The minimum absolute atomic E-state index is 1.05. The number of nitrogens with zero attached hydrogens (tertiary/aromatic N) is 1. The van der Waals surface area contributed by atoms with Crippen molar-refractivity contribution in [2.75, 3.05) is 0 Å². The Balaban J connectivity index is 2.19. The van der Waals surface area contributed by atoms with Crippen LogP contribution >= 0.6 is 0 Å². The lowest BCUT2D eigenvalue weighted by molar-refractivity contribution is 1.25. The molecule has 3 rings (SSSR count). The fraction of sp³-hybridized carbons (Fsp3) is 0.167. The van der Waals surface area contributed by atoms with Gasteiger partial charge in [-0.05, 0) is 61.0 Å². The van der Waals surface area contributed by atoms with E-state index in [1.807, 2.05) is 12.3 Å². The summed E-state index contributed by atoms with van der Waals surface area (Å²) in [6, 6.07) is 14.9. The van der Waals surface area contributed by atoms with Gasteiger partial charge in [-0.25, -0.2) is 0 Å². The van der Waals surface area contributed by atoms with Gasteiger partial charge in [0.15, 0.2) is 0 Å². The van der Waals surface area contributed by atoms with Gasteiger partial charge in [0.2, 0.25) is 0 Å². The number of aromatic nitrogens is 1. The lowest BCUT2D eigenvalue weighted by atomic mass is 9.98. The van der Waals surface area contributed by atoms with Crippen LogP contribution in [-0.4, -0.2) is 4.98 Å². The molecule has 1 aromatic heterocycles. The highest BCUT2D eigenvalue weighted by Crippen LogP contribution is 2.25. The lowest BCUT2D eigenvalue weighted by Gasteiger charge is -2.09. The molecule has 3 aromatic rings. The number of hydrogen-bond donors (Lipinski definition) is 0. The Labute approximate surface area is 113 Å². The van der Waals surface area contributed by atoms with Gasteiger partial charge in [-0.1, -0.05) is 24.3 Å². The van der Waals surface area contributed by atoms with E-state index in [1.54, 1.807) is 0 Å². The predicted octanol–water partition coefficient (Wildman–Crippen LogP) is 4.83. The summed E-state index contributed by atoms with van der Waals surface area (Å²) < 4.78 is 0. The highest BCUT2D eigenvalue weighted by atomic mass is 14.7. The zero-order chi connectivity index (χ0) is 13.4. The maximum absolute atomic E-state index is 4.59. The monoisotopic (exact) mass is 247 g/mol. The van der Waals surface area contributed by atoms with Crippen molar-refractivity contribution >= 4 is 10.8 Å². The lowest BCUT2D eigenvalue weighted by Crippen LogP contribution is -1.90. The van der Waals surface area contributed by atoms with Crippen molar-refractivity contribution in [2.45, 2.75) is 20.8 Å². The standard InChI is InChI=1S/C18H17N/c1-12-8-17(9-13(2)14(12)3)18-10-15-6-4-5-7-16(15)11-19-18/h4-11H,1-3H3. The molecule has 2 aromatic carbocycles. The van der Waals surface area contributed by atoms with Crippen LogP contribution < -0.4 is 0 Å². The third kappa shape index (κ3) is 2.12. The van der Waals surface area contributed by atoms with E-state index in [9.17, 15) is 0 Å². The largest absolute Gasteiger partial charge is 0.256 e. The second-order valence-electron chi connectivity index (χ2n) is 5.15. The van der Waals surface area contributed by atoms with E-state index >= 15 is 0 Å². The first-order chi connectivity index (χ1) is 9.15. The third-order valence-corrected chi connectivity index (χ3v) is 3.85. The zero-order valence-corrected chi connectivity index (χ0v) is 11.6. The second-order valence-corrected chi connectivity index (χ2v) is 5.15. The van der Waals surface area contributed by atoms with Crippen molar-refractivity contribution in [3.05, 3.63) is 65.4 Å². The summed E-state index contributed by atoms with van der Waals surface area (Å²) in [7, 11) is 0. The molecule has 0 atom stereocenters. The average Bonchev–Trinajstić information content (AvgIpc) is 2.43. The van der Waals surface area contributed by atoms with Crippen molar-refractivity contribution in [3.8, 4) is 11.3 Å². The van der Waals surface area contributed by atoms with E-state index in [1.165, 1.54) is 33.0 Å². The molecule has 94 valence electrons. The van der Waals surface area contributed by atoms with E-state index in [0.29, 0.717) is 0 Å². The van der Waals surface area contributed by atoms with Crippen molar-refractivity contribution in [1.82, 2.24) is 4.98 Å². The Morgan fingerprint density at radius 1 is 0.789 bits per heavy atom. The summed E-state index contributed by atoms with van der Waals surface area (Å²) in [5, 5.41) is 2.43. The maximum Gasteiger partial charge on any atom is 0.0708 e. The Bertz CT molecular complexity index is 733. The summed E-state index contributed by atoms with van der Waals surface area (Å²) >= 11 is 0. The highest BCUT2D eigenvalue weighted by molar-refractivity contribution is 5.85. The van der Waals surface area contributed by atoms with Gasteiger partial charge >= 0.3 is 0 Å². The summed E-state index contributed by atoms with van der Waals surface area (Å²) in [6.45, 7) is 6.49. The summed E-state index contributed by atoms with van der Waals surface area (Å²) in [5.74, 6) is 0. The molecule has 0 aliphatic rings. The van der Waals surface area contributed by atoms with E-state index < -0.39 is 0 Å². The number of rotatable bonds is 1. The fourth-order valence-electron chi connectivity index (χ4n) is 2.42. The molecule has 0 aliphatic heterocycles. The molecule has 0 unspecified atom stereocenters. The molecule has 19 heavy (non-hydrogen) atoms. The van der Waals surface area contributed by atoms with Crippen LogP contribution in [0.1, 0.15) is 16.7 Å². The second kappa shape index (κ2) is 4.51. The Morgan fingerprint density at radius 3 is 2.11 bits per heavy atom. The SMILES string of the molecule is Cc1cc(-c2cc3ccccc3cn2)cc(C)c1C. The van der Waals surface area contributed by atoms with Crippen molar-refractivity contribution in [2.24, 2.45) is 0 Å². The van der Waals surface area contributed by atoms with Crippen LogP contribution in [0.2, 0.25) is 0 Å². The van der Waals surface area contributed by atoms with Crippen LogP contribution in [0.4, 0.5) is 0 Å². The first kappa shape index (κ1) is 11.9. The molecular formula is C18H17N. The summed E-state index contributed by atoms with van der Waals surface area (Å²) in [5.41, 5.74) is 6.26. The van der Waals surface area contributed by atoms with Crippen LogP contribution in [-0.2, 0) is 0 Å². The molecule has 0 spiro atoms. The average molecular weight is 247 g/mol. The Kier molecular flexibility index (Phi) is 2.83. The van der Waals surface area contributed by atoms with Crippen LogP contribution in [0.25, 0.3) is 22.0 Å². The molecule has 1 heterocycles. The zero-order valence-electron chi connectivity index (χ0n) is 11.6. The number of aryl methyl sites for hydroxylation is 2. The first-order valence-electron chi connectivity index (χ1n) is 6.58. The van der Waals surface area contributed by atoms with E-state index in [2.05, 4.69) is 62.2 Å². The molecule has 0 aliphatic carbocycles. The molecular weight excluding hydrogens is 230 g/mol. The Morgan fingerprint density at radius 2 is 1.42 bits per heavy atom. The van der Waals surface area contributed by atoms with Crippen LogP contribution in [0.5, 0.6) is 0 Å². The van der Waals surface area contributed by atoms with E-state index in [4.69, 9.17) is 0 Å². The molecule has 0 fully saturated rings. The van der Waals surface area contributed by atoms with Gasteiger partial charge in [-0.15, -0.1) is 0 Å². The molecule has 0 radical (unpaired) electrons. The number of fused-ring (bicyclic) bond motifs is 1. The third-order valence-electron chi connectivity index (χ3n) is 3.85. The number of pyridine rings is 1. The quantitative estimate of drug-likeness (QED) is 0.600. The molecule has 0 saturated carbocycles. The van der Waals surface area contributed by atoms with E-state index in [-0.39, 0.29) is 0 Å². The molecule has 1 heteroatoms. The Hall–Kier alpha value is -2.15. The normalized spacial score (nSPS) is 10.9. The summed E-state index contributed by atoms with van der Waals surface area (Å²) in [4.78, 5) is 4.59.